The van der Waals surface area contributed by atoms with Crippen LogP contribution >= 0.6 is 0 Å². The molecule has 1 amide bonds. The Morgan fingerprint density at radius 3 is 2.52 bits per heavy atom. The summed E-state index contributed by atoms with van der Waals surface area (Å²) in [5.41, 5.74) is -0.0147. The highest BCUT2D eigenvalue weighted by atomic mass is 16.6. The molecule has 25 heavy (non-hydrogen) atoms. The molecule has 0 unspecified atom stereocenters. The van der Waals surface area contributed by atoms with Crippen LogP contribution in [0.15, 0.2) is 66.7 Å². The number of nitrogens with one attached hydrogen (secondary N) is 1. The molecule has 0 radical (unpaired) electrons. The molecule has 3 aromatic carbocycles. The average Bonchev–Trinajstić information content (AvgIpc) is 2.62. The summed E-state index contributed by atoms with van der Waals surface area (Å²) in [7, 11) is 0. The molecule has 0 aliphatic carbocycles. The zero-order valence-corrected chi connectivity index (χ0v) is 13.5. The van der Waals surface area contributed by atoms with Crippen LogP contribution in [0.4, 0.5) is 11.4 Å². The van der Waals surface area contributed by atoms with Gasteiger partial charge in [0.25, 0.3) is 11.6 Å². The molecule has 0 saturated heterocycles. The minimum atomic E-state index is -0.814. The van der Waals surface area contributed by atoms with Crippen LogP contribution < -0.4 is 10.1 Å². The number of amides is 1. The minimum absolute atomic E-state index is 0.144. The van der Waals surface area contributed by atoms with Gasteiger partial charge in [-0.25, -0.2) is 0 Å². The van der Waals surface area contributed by atoms with Crippen molar-refractivity contribution in [1.82, 2.24) is 0 Å². The molecule has 0 heterocycles. The van der Waals surface area contributed by atoms with Gasteiger partial charge in [0.1, 0.15) is 11.4 Å². The number of anilines is 1. The van der Waals surface area contributed by atoms with Crippen molar-refractivity contribution in [1.29, 1.82) is 0 Å². The molecule has 0 aromatic heterocycles. The fourth-order valence-corrected chi connectivity index (χ4v) is 2.52. The predicted octanol–water partition coefficient (Wildman–Crippen LogP) is 4.15. The molecule has 3 aromatic rings. The van der Waals surface area contributed by atoms with E-state index < -0.39 is 16.9 Å². The molecule has 0 fully saturated rings. The molecular weight excluding hydrogens is 320 g/mol. The summed E-state index contributed by atoms with van der Waals surface area (Å²) in [6, 6.07) is 19.3. The van der Waals surface area contributed by atoms with E-state index >= 15 is 0 Å². The molecule has 0 spiro atoms. The van der Waals surface area contributed by atoms with Gasteiger partial charge in [-0.2, -0.15) is 0 Å². The van der Waals surface area contributed by atoms with E-state index in [0.717, 1.165) is 10.8 Å². The van der Waals surface area contributed by atoms with E-state index in [9.17, 15) is 14.9 Å². The number of nitrogens with zero attached hydrogens (tertiary/aromatic N) is 1. The number of rotatable bonds is 5. The normalized spacial score (nSPS) is 11.7. The fourth-order valence-electron chi connectivity index (χ4n) is 2.52. The van der Waals surface area contributed by atoms with Crippen LogP contribution in [-0.2, 0) is 4.79 Å². The molecule has 6 heteroatoms. The van der Waals surface area contributed by atoms with Gasteiger partial charge >= 0.3 is 0 Å². The topological polar surface area (TPSA) is 81.5 Å². The Morgan fingerprint density at radius 1 is 1.04 bits per heavy atom. The maximum atomic E-state index is 12.4. The first-order valence-corrected chi connectivity index (χ1v) is 7.75. The van der Waals surface area contributed by atoms with Crippen LogP contribution in [0.25, 0.3) is 10.8 Å². The number of carbonyl (C=O) groups is 1. The summed E-state index contributed by atoms with van der Waals surface area (Å²) >= 11 is 0. The van der Waals surface area contributed by atoms with Gasteiger partial charge in [0.2, 0.25) is 0 Å². The van der Waals surface area contributed by atoms with E-state index in [0.29, 0.717) is 5.75 Å². The summed E-state index contributed by atoms with van der Waals surface area (Å²) in [6.45, 7) is 1.60. The fraction of sp³-hybridized carbons (Fsp3) is 0.105. The van der Waals surface area contributed by atoms with E-state index in [1.807, 2.05) is 36.4 Å². The van der Waals surface area contributed by atoms with E-state index in [1.54, 1.807) is 25.1 Å². The van der Waals surface area contributed by atoms with Crippen LogP contribution in [0.1, 0.15) is 6.92 Å². The summed E-state index contributed by atoms with van der Waals surface area (Å²) < 4.78 is 5.78. The summed E-state index contributed by atoms with van der Waals surface area (Å²) in [4.78, 5) is 22.9. The zero-order chi connectivity index (χ0) is 17.8. The maximum Gasteiger partial charge on any atom is 0.292 e. The van der Waals surface area contributed by atoms with Crippen molar-refractivity contribution in [3.63, 3.8) is 0 Å². The van der Waals surface area contributed by atoms with Crippen molar-refractivity contribution in [2.45, 2.75) is 13.0 Å². The Kier molecular flexibility index (Phi) is 4.61. The van der Waals surface area contributed by atoms with Crippen molar-refractivity contribution in [2.75, 3.05) is 5.32 Å². The Hall–Kier alpha value is -3.41. The molecule has 126 valence electrons. The van der Waals surface area contributed by atoms with Crippen molar-refractivity contribution < 1.29 is 14.5 Å². The summed E-state index contributed by atoms with van der Waals surface area (Å²) in [5.74, 6) is 0.130. The van der Waals surface area contributed by atoms with Crippen molar-refractivity contribution in [3.05, 3.63) is 76.8 Å². The smallest absolute Gasteiger partial charge is 0.292 e. The van der Waals surface area contributed by atoms with Gasteiger partial charge in [-0.3, -0.25) is 14.9 Å². The van der Waals surface area contributed by atoms with Gasteiger partial charge in [-0.15, -0.1) is 0 Å². The van der Waals surface area contributed by atoms with Gasteiger partial charge < -0.3 is 10.1 Å². The SMILES string of the molecule is C[C@@H](Oc1cccc2ccccc12)C(=O)Nc1ccccc1[N+](=O)[O-]. The largest absolute Gasteiger partial charge is 0.480 e. The van der Waals surface area contributed by atoms with Crippen molar-refractivity contribution in [2.24, 2.45) is 0 Å². The first-order valence-electron chi connectivity index (χ1n) is 7.75. The molecule has 0 bridgehead atoms. The van der Waals surface area contributed by atoms with Crippen LogP contribution in [0.2, 0.25) is 0 Å². The monoisotopic (exact) mass is 336 g/mol. The predicted molar refractivity (Wildman–Crippen MR) is 95.8 cm³/mol. The van der Waals surface area contributed by atoms with Gasteiger partial charge in [0.05, 0.1) is 4.92 Å². The second kappa shape index (κ2) is 7.00. The molecule has 6 nitrogen and oxygen atoms in total. The first kappa shape index (κ1) is 16.4. The summed E-state index contributed by atoms with van der Waals surface area (Å²) in [5, 5.41) is 15.5. The quantitative estimate of drug-likeness (QED) is 0.560. The Bertz CT molecular complexity index is 934. The van der Waals surface area contributed by atoms with E-state index in [1.165, 1.54) is 12.1 Å². The standard InChI is InChI=1S/C19H16N2O4/c1-13(19(22)20-16-10-4-5-11-17(16)21(23)24)25-18-12-6-8-14-7-2-3-9-15(14)18/h2-13H,1H3,(H,20,22)/t13-/m1/s1. The lowest BCUT2D eigenvalue weighted by atomic mass is 10.1. The second-order valence-corrected chi connectivity index (χ2v) is 5.50. The zero-order valence-electron chi connectivity index (χ0n) is 13.5. The van der Waals surface area contributed by atoms with E-state index in [4.69, 9.17) is 4.74 Å². The molecule has 0 aliphatic rings. The van der Waals surface area contributed by atoms with Crippen molar-refractivity contribution in [3.8, 4) is 5.75 Å². The molecule has 0 saturated carbocycles. The Balaban J connectivity index is 1.78. The first-order chi connectivity index (χ1) is 12.1. The van der Waals surface area contributed by atoms with Crippen LogP contribution in [-0.4, -0.2) is 16.9 Å². The Morgan fingerprint density at radius 2 is 1.72 bits per heavy atom. The number of benzene rings is 3. The maximum absolute atomic E-state index is 12.4. The third-order valence-corrected chi connectivity index (χ3v) is 3.78. The number of nitro benzene ring substituents is 1. The number of fused-ring (bicyclic) bond motifs is 1. The van der Waals surface area contributed by atoms with Gasteiger partial charge in [0, 0.05) is 11.5 Å². The lowest BCUT2D eigenvalue weighted by molar-refractivity contribution is -0.383. The third-order valence-electron chi connectivity index (χ3n) is 3.78. The Labute approximate surface area is 144 Å². The highest BCUT2D eigenvalue weighted by Crippen LogP contribution is 2.27. The molecular formula is C19H16N2O4. The van der Waals surface area contributed by atoms with E-state index in [-0.39, 0.29) is 11.4 Å². The molecule has 1 atom stereocenters. The number of para-hydroxylation sites is 2. The minimum Gasteiger partial charge on any atom is -0.480 e. The summed E-state index contributed by atoms with van der Waals surface area (Å²) in [6.07, 6.45) is -0.814. The lowest BCUT2D eigenvalue weighted by Gasteiger charge is -2.16. The van der Waals surface area contributed by atoms with Crippen LogP contribution in [0.5, 0.6) is 5.75 Å². The van der Waals surface area contributed by atoms with E-state index in [2.05, 4.69) is 5.32 Å². The van der Waals surface area contributed by atoms with Gasteiger partial charge in [-0.05, 0) is 24.4 Å². The van der Waals surface area contributed by atoms with Crippen LogP contribution in [0.3, 0.4) is 0 Å². The second-order valence-electron chi connectivity index (χ2n) is 5.50. The number of ether oxygens (including phenoxy) is 1. The molecule has 3 rings (SSSR count). The number of hydrogen-bond acceptors (Lipinski definition) is 4. The average molecular weight is 336 g/mol. The number of carbonyl (C=O) groups excluding carboxylic acids is 1. The van der Waals surface area contributed by atoms with Crippen LogP contribution in [0, 0.1) is 10.1 Å². The van der Waals surface area contributed by atoms with Gasteiger partial charge in [-0.1, -0.05) is 48.5 Å². The number of nitro groups is 1. The highest BCUT2D eigenvalue weighted by molar-refractivity contribution is 5.96. The van der Waals surface area contributed by atoms with Gasteiger partial charge in [0.15, 0.2) is 6.10 Å². The molecule has 0 aliphatic heterocycles. The highest BCUT2D eigenvalue weighted by Gasteiger charge is 2.20. The third kappa shape index (κ3) is 3.58. The number of hydrogen-bond donors (Lipinski definition) is 1. The van der Waals surface area contributed by atoms with Crippen molar-refractivity contribution >= 4 is 28.1 Å². The molecule has 1 N–H and O–H groups in total. The lowest BCUT2D eigenvalue weighted by Crippen LogP contribution is -2.30.